The van der Waals surface area contributed by atoms with Crippen LogP contribution in [0.4, 0.5) is 0 Å². The molecule has 1 amide bonds. The fourth-order valence-electron chi connectivity index (χ4n) is 7.12. The molecule has 7 heteroatoms. The summed E-state index contributed by atoms with van der Waals surface area (Å²) in [5.41, 5.74) is 12.1. The average molecular weight is 447 g/mol. The summed E-state index contributed by atoms with van der Waals surface area (Å²) in [6.07, 6.45) is 10.3. The molecule has 4 aliphatic rings. The number of carbonyl (C=O) groups excluding carboxylic acids is 1. The van der Waals surface area contributed by atoms with Crippen LogP contribution in [0.2, 0.25) is 0 Å². The largest absolute Gasteiger partial charge is 0.345 e. The van der Waals surface area contributed by atoms with E-state index in [4.69, 9.17) is 10.6 Å². The van der Waals surface area contributed by atoms with E-state index in [1.807, 2.05) is 29.8 Å². The Labute approximate surface area is 195 Å². The molecule has 0 radical (unpaired) electrons. The number of nitrogens with zero attached hydrogens (tertiary/aromatic N) is 5. The Hall–Kier alpha value is -2.79. The molecule has 0 aliphatic heterocycles. The molecule has 1 N–H and O–H groups in total. The summed E-state index contributed by atoms with van der Waals surface area (Å²) in [7, 11) is 0. The van der Waals surface area contributed by atoms with Gasteiger partial charge in [-0.15, -0.1) is 0 Å². The summed E-state index contributed by atoms with van der Waals surface area (Å²) in [5, 5.41) is 12.0. The molecular weight excluding hydrogens is 412 g/mol. The number of benzene rings is 1. The Morgan fingerprint density at radius 1 is 1.12 bits per heavy atom. The number of aromatic nitrogens is 2. The summed E-state index contributed by atoms with van der Waals surface area (Å²) < 4.78 is 2.01. The van der Waals surface area contributed by atoms with E-state index >= 15 is 0 Å². The molecule has 4 bridgehead atoms. The lowest BCUT2D eigenvalue weighted by molar-refractivity contribution is -0.0168. The van der Waals surface area contributed by atoms with Crippen molar-refractivity contribution in [2.24, 2.45) is 22.9 Å². The van der Waals surface area contributed by atoms with Crippen molar-refractivity contribution >= 4 is 5.91 Å². The molecule has 0 atom stereocenters. The molecule has 1 heterocycles. The van der Waals surface area contributed by atoms with Gasteiger partial charge >= 0.3 is 0 Å². The Balaban J connectivity index is 1.36. The number of carbonyl (C=O) groups is 1. The third-order valence-electron chi connectivity index (χ3n) is 8.06. The Morgan fingerprint density at radius 3 is 2.42 bits per heavy atom. The minimum absolute atomic E-state index is 0.00580. The highest BCUT2D eigenvalue weighted by molar-refractivity contribution is 5.96. The number of unbranched alkanes of at least 4 members (excludes halogenated alkanes) is 2. The summed E-state index contributed by atoms with van der Waals surface area (Å²) in [6, 6.07) is 10.2. The normalized spacial score (nSPS) is 27.4. The summed E-state index contributed by atoms with van der Waals surface area (Å²) in [5.74, 6) is 2.37. The van der Waals surface area contributed by atoms with Crippen molar-refractivity contribution in [1.82, 2.24) is 15.1 Å². The number of hydrogen-bond acceptors (Lipinski definition) is 3. The SMILES string of the molecule is Cc1c(C(=O)NC23CC4CC(CC(C4)C2)C3)nn(CCCCCN=[N+]=[N-])c1-c1ccccc1. The maximum atomic E-state index is 13.6. The highest BCUT2D eigenvalue weighted by Gasteiger charge is 2.51. The van der Waals surface area contributed by atoms with Gasteiger partial charge in [0.2, 0.25) is 0 Å². The van der Waals surface area contributed by atoms with Crippen LogP contribution >= 0.6 is 0 Å². The summed E-state index contributed by atoms with van der Waals surface area (Å²) in [4.78, 5) is 16.4. The number of hydrogen-bond donors (Lipinski definition) is 1. The van der Waals surface area contributed by atoms with E-state index in [0.29, 0.717) is 12.2 Å². The third-order valence-corrected chi connectivity index (χ3v) is 8.06. The minimum atomic E-state index is -0.0176. The monoisotopic (exact) mass is 446 g/mol. The maximum Gasteiger partial charge on any atom is 0.272 e. The zero-order valence-electron chi connectivity index (χ0n) is 19.5. The molecular formula is C26H34N6O. The summed E-state index contributed by atoms with van der Waals surface area (Å²) in [6.45, 7) is 3.30. The lowest BCUT2D eigenvalue weighted by Crippen LogP contribution is -2.59. The van der Waals surface area contributed by atoms with Gasteiger partial charge in [-0.1, -0.05) is 41.9 Å². The third kappa shape index (κ3) is 4.51. The van der Waals surface area contributed by atoms with Crippen molar-refractivity contribution in [3.8, 4) is 11.3 Å². The Morgan fingerprint density at radius 2 is 1.79 bits per heavy atom. The van der Waals surface area contributed by atoms with Crippen LogP contribution < -0.4 is 5.32 Å². The van der Waals surface area contributed by atoms with Crippen LogP contribution in [-0.2, 0) is 6.54 Å². The first-order chi connectivity index (χ1) is 16.1. The second kappa shape index (κ2) is 9.22. The number of nitrogens with one attached hydrogen (secondary N) is 1. The van der Waals surface area contributed by atoms with Gasteiger partial charge in [-0.25, -0.2) is 0 Å². The van der Waals surface area contributed by atoms with Crippen LogP contribution in [0.3, 0.4) is 0 Å². The van der Waals surface area contributed by atoms with Gasteiger partial charge in [0.25, 0.3) is 5.91 Å². The minimum Gasteiger partial charge on any atom is -0.345 e. The molecule has 0 unspecified atom stereocenters. The van der Waals surface area contributed by atoms with Crippen LogP contribution in [-0.4, -0.2) is 27.8 Å². The average Bonchev–Trinajstić information content (AvgIpc) is 3.11. The zero-order chi connectivity index (χ0) is 22.8. The van der Waals surface area contributed by atoms with E-state index in [1.54, 1.807) is 0 Å². The van der Waals surface area contributed by atoms with Gasteiger partial charge in [0.05, 0.1) is 5.69 Å². The van der Waals surface area contributed by atoms with Crippen molar-refractivity contribution in [2.45, 2.75) is 76.8 Å². The van der Waals surface area contributed by atoms with Crippen LogP contribution in [0, 0.1) is 24.7 Å². The Bertz CT molecular complexity index is 1020. The number of azide groups is 1. The van der Waals surface area contributed by atoms with E-state index in [2.05, 4.69) is 27.5 Å². The first-order valence-electron chi connectivity index (χ1n) is 12.5. The van der Waals surface area contributed by atoms with E-state index in [0.717, 1.165) is 79.6 Å². The molecule has 4 saturated carbocycles. The molecule has 6 rings (SSSR count). The van der Waals surface area contributed by atoms with Crippen molar-refractivity contribution in [3.63, 3.8) is 0 Å². The van der Waals surface area contributed by atoms with Crippen molar-refractivity contribution < 1.29 is 4.79 Å². The molecule has 0 spiro atoms. The summed E-state index contributed by atoms with van der Waals surface area (Å²) >= 11 is 0. The van der Waals surface area contributed by atoms with Gasteiger partial charge in [-0.3, -0.25) is 9.48 Å². The smallest absolute Gasteiger partial charge is 0.272 e. The van der Waals surface area contributed by atoms with E-state index in [-0.39, 0.29) is 11.4 Å². The zero-order valence-corrected chi connectivity index (χ0v) is 19.5. The van der Waals surface area contributed by atoms with Crippen LogP contribution in [0.1, 0.15) is 73.8 Å². The molecule has 174 valence electrons. The van der Waals surface area contributed by atoms with Gasteiger partial charge in [0.15, 0.2) is 5.69 Å². The lowest BCUT2D eigenvalue weighted by atomic mass is 9.53. The molecule has 4 fully saturated rings. The Kier molecular flexibility index (Phi) is 6.15. The molecule has 2 aromatic rings. The van der Waals surface area contributed by atoms with Gasteiger partial charge in [0, 0.05) is 34.7 Å². The lowest BCUT2D eigenvalue weighted by Gasteiger charge is -2.56. The number of amides is 1. The fourth-order valence-corrected chi connectivity index (χ4v) is 7.12. The highest BCUT2D eigenvalue weighted by atomic mass is 16.2. The second-order valence-electron chi connectivity index (χ2n) is 10.6. The first kappa shape index (κ1) is 22.0. The van der Waals surface area contributed by atoms with E-state index in [9.17, 15) is 4.79 Å². The van der Waals surface area contributed by atoms with Crippen molar-refractivity contribution in [1.29, 1.82) is 0 Å². The molecule has 4 aliphatic carbocycles. The van der Waals surface area contributed by atoms with Gasteiger partial charge in [0.1, 0.15) is 0 Å². The van der Waals surface area contributed by atoms with Gasteiger partial charge < -0.3 is 5.32 Å². The first-order valence-corrected chi connectivity index (χ1v) is 12.5. The maximum absolute atomic E-state index is 13.6. The molecule has 1 aromatic heterocycles. The molecule has 7 nitrogen and oxygen atoms in total. The quantitative estimate of drug-likeness (QED) is 0.220. The number of rotatable bonds is 9. The van der Waals surface area contributed by atoms with Crippen molar-refractivity contribution in [2.75, 3.05) is 6.54 Å². The van der Waals surface area contributed by atoms with E-state index in [1.165, 1.54) is 19.3 Å². The van der Waals surface area contributed by atoms with Crippen molar-refractivity contribution in [3.05, 3.63) is 52.0 Å². The molecule has 33 heavy (non-hydrogen) atoms. The standard InChI is InChI=1S/C26H34N6O/c1-18-23(25(33)29-26-15-19-12-20(16-26)14-21(13-19)17-26)30-32(11-7-3-6-10-28-31-27)24(18)22-8-4-2-5-9-22/h2,4-5,8-9,19-21H,3,6-7,10-17H2,1H3,(H,29,33). The van der Waals surface area contributed by atoms with Crippen LogP contribution in [0.5, 0.6) is 0 Å². The van der Waals surface area contributed by atoms with E-state index < -0.39 is 0 Å². The van der Waals surface area contributed by atoms with Crippen LogP contribution in [0.15, 0.2) is 35.4 Å². The number of aryl methyl sites for hydroxylation is 1. The van der Waals surface area contributed by atoms with Crippen LogP contribution in [0.25, 0.3) is 21.7 Å². The highest BCUT2D eigenvalue weighted by Crippen LogP contribution is 2.55. The predicted octanol–water partition coefficient (Wildman–Crippen LogP) is 6.04. The van der Waals surface area contributed by atoms with Gasteiger partial charge in [-0.05, 0) is 81.6 Å². The topological polar surface area (TPSA) is 95.7 Å². The van der Waals surface area contributed by atoms with Gasteiger partial charge in [-0.2, -0.15) is 5.10 Å². The predicted molar refractivity (Wildman–Crippen MR) is 129 cm³/mol. The second-order valence-corrected chi connectivity index (χ2v) is 10.6. The molecule has 1 aromatic carbocycles. The molecule has 0 saturated heterocycles. The fraction of sp³-hybridized carbons (Fsp3) is 0.615.